The zero-order chi connectivity index (χ0) is 12.3. The second kappa shape index (κ2) is 5.87. The summed E-state index contributed by atoms with van der Waals surface area (Å²) in [5.41, 5.74) is 0. The maximum Gasteiger partial charge on any atom is 0.141 e. The number of aromatic nitrogens is 3. The van der Waals surface area contributed by atoms with Gasteiger partial charge in [0.1, 0.15) is 12.2 Å². The molecule has 0 radical (unpaired) electrons. The monoisotopic (exact) mass is 254 g/mol. The SMILES string of the molecule is CSC1CCC(NCc2ncnn2C(C)C)C1. The Labute approximate surface area is 108 Å². The van der Waals surface area contributed by atoms with Crippen molar-refractivity contribution in [2.45, 2.75) is 57.0 Å². The van der Waals surface area contributed by atoms with Crippen molar-refractivity contribution >= 4 is 11.8 Å². The number of hydrogen-bond acceptors (Lipinski definition) is 4. The van der Waals surface area contributed by atoms with Crippen LogP contribution >= 0.6 is 11.8 Å². The van der Waals surface area contributed by atoms with Crippen LogP contribution in [-0.4, -0.2) is 32.3 Å². The molecule has 1 aromatic rings. The summed E-state index contributed by atoms with van der Waals surface area (Å²) in [5, 5.41) is 8.70. The quantitative estimate of drug-likeness (QED) is 0.875. The second-order valence-corrected chi connectivity index (χ2v) is 6.10. The number of nitrogens with one attached hydrogen (secondary N) is 1. The summed E-state index contributed by atoms with van der Waals surface area (Å²) in [4.78, 5) is 4.32. The average molecular weight is 254 g/mol. The highest BCUT2D eigenvalue weighted by Gasteiger charge is 2.23. The molecule has 96 valence electrons. The predicted octanol–water partition coefficient (Wildman–Crippen LogP) is 2.23. The van der Waals surface area contributed by atoms with Crippen molar-refractivity contribution in [1.82, 2.24) is 20.1 Å². The van der Waals surface area contributed by atoms with Gasteiger partial charge >= 0.3 is 0 Å². The molecule has 0 bridgehead atoms. The first-order valence-corrected chi connectivity index (χ1v) is 7.64. The van der Waals surface area contributed by atoms with Crippen LogP contribution in [0.25, 0.3) is 0 Å². The first kappa shape index (κ1) is 12.9. The molecule has 1 aliphatic rings. The standard InChI is InChI=1S/C12H22N4S/c1-9(2)16-12(14-8-15-16)7-13-10-4-5-11(6-10)17-3/h8-11,13H,4-7H2,1-3H3. The summed E-state index contributed by atoms with van der Waals surface area (Å²) in [6, 6.07) is 1.04. The van der Waals surface area contributed by atoms with Crippen molar-refractivity contribution < 1.29 is 0 Å². The van der Waals surface area contributed by atoms with Crippen LogP contribution in [0.15, 0.2) is 6.33 Å². The third-order valence-electron chi connectivity index (χ3n) is 3.40. The molecular formula is C12H22N4S. The van der Waals surface area contributed by atoms with Gasteiger partial charge < -0.3 is 5.32 Å². The fraction of sp³-hybridized carbons (Fsp3) is 0.833. The lowest BCUT2D eigenvalue weighted by Crippen LogP contribution is -2.28. The maximum absolute atomic E-state index is 4.32. The van der Waals surface area contributed by atoms with E-state index in [1.54, 1.807) is 6.33 Å². The van der Waals surface area contributed by atoms with E-state index in [-0.39, 0.29) is 0 Å². The summed E-state index contributed by atoms with van der Waals surface area (Å²) in [6.07, 6.45) is 7.78. The topological polar surface area (TPSA) is 42.7 Å². The number of hydrogen-bond donors (Lipinski definition) is 1. The van der Waals surface area contributed by atoms with Crippen molar-refractivity contribution in [3.63, 3.8) is 0 Å². The Balaban J connectivity index is 1.84. The lowest BCUT2D eigenvalue weighted by atomic mass is 10.2. The first-order valence-electron chi connectivity index (χ1n) is 6.35. The molecule has 0 aromatic carbocycles. The Morgan fingerprint density at radius 1 is 1.53 bits per heavy atom. The van der Waals surface area contributed by atoms with Gasteiger partial charge in [-0.05, 0) is 39.4 Å². The zero-order valence-electron chi connectivity index (χ0n) is 10.9. The molecule has 2 unspecified atom stereocenters. The van der Waals surface area contributed by atoms with E-state index in [9.17, 15) is 0 Å². The van der Waals surface area contributed by atoms with E-state index >= 15 is 0 Å². The largest absolute Gasteiger partial charge is 0.307 e. The molecule has 17 heavy (non-hydrogen) atoms. The van der Waals surface area contributed by atoms with Crippen molar-refractivity contribution in [1.29, 1.82) is 0 Å². The van der Waals surface area contributed by atoms with Gasteiger partial charge in [0.05, 0.1) is 6.54 Å². The molecule has 5 heteroatoms. The van der Waals surface area contributed by atoms with Gasteiger partial charge in [0.25, 0.3) is 0 Å². The van der Waals surface area contributed by atoms with Crippen LogP contribution in [0.4, 0.5) is 0 Å². The molecule has 1 saturated carbocycles. The van der Waals surface area contributed by atoms with Gasteiger partial charge in [-0.2, -0.15) is 16.9 Å². The van der Waals surface area contributed by atoms with E-state index in [2.05, 4.69) is 35.5 Å². The predicted molar refractivity (Wildman–Crippen MR) is 72.2 cm³/mol. The average Bonchev–Trinajstić information content (AvgIpc) is 2.95. The van der Waals surface area contributed by atoms with Crippen molar-refractivity contribution in [3.05, 3.63) is 12.2 Å². The van der Waals surface area contributed by atoms with Crippen LogP contribution in [0.1, 0.15) is 45.0 Å². The molecule has 1 heterocycles. The zero-order valence-corrected chi connectivity index (χ0v) is 11.7. The fourth-order valence-electron chi connectivity index (χ4n) is 2.41. The van der Waals surface area contributed by atoms with Crippen LogP contribution in [0.3, 0.4) is 0 Å². The third kappa shape index (κ3) is 3.22. The molecule has 1 aromatic heterocycles. The molecule has 2 atom stereocenters. The highest BCUT2D eigenvalue weighted by molar-refractivity contribution is 7.99. The van der Waals surface area contributed by atoms with E-state index in [0.717, 1.165) is 17.6 Å². The molecule has 0 amide bonds. The Hall–Kier alpha value is -0.550. The van der Waals surface area contributed by atoms with Crippen molar-refractivity contribution in [3.8, 4) is 0 Å². The van der Waals surface area contributed by atoms with Gasteiger partial charge in [0.15, 0.2) is 0 Å². The first-order chi connectivity index (χ1) is 8.20. The van der Waals surface area contributed by atoms with Gasteiger partial charge in [-0.15, -0.1) is 0 Å². The minimum atomic E-state index is 0.386. The number of rotatable bonds is 5. The van der Waals surface area contributed by atoms with Crippen LogP contribution in [0.2, 0.25) is 0 Å². The summed E-state index contributed by atoms with van der Waals surface area (Å²) in [6.45, 7) is 5.11. The summed E-state index contributed by atoms with van der Waals surface area (Å²) in [7, 11) is 0. The summed E-state index contributed by atoms with van der Waals surface area (Å²) >= 11 is 1.99. The number of thioether (sulfide) groups is 1. The van der Waals surface area contributed by atoms with E-state index in [1.807, 2.05) is 16.4 Å². The molecule has 2 rings (SSSR count). The van der Waals surface area contributed by atoms with Crippen LogP contribution < -0.4 is 5.32 Å². The van der Waals surface area contributed by atoms with Crippen molar-refractivity contribution in [2.75, 3.05) is 6.26 Å². The van der Waals surface area contributed by atoms with Crippen LogP contribution in [0.5, 0.6) is 0 Å². The van der Waals surface area contributed by atoms with Gasteiger partial charge in [-0.3, -0.25) is 0 Å². The van der Waals surface area contributed by atoms with Gasteiger partial charge in [-0.25, -0.2) is 9.67 Å². The van der Waals surface area contributed by atoms with E-state index in [1.165, 1.54) is 19.3 Å². The maximum atomic E-state index is 4.32. The molecule has 0 saturated heterocycles. The Kier molecular flexibility index (Phi) is 4.45. The van der Waals surface area contributed by atoms with Gasteiger partial charge in [0, 0.05) is 17.3 Å². The molecule has 1 fully saturated rings. The lowest BCUT2D eigenvalue weighted by molar-refractivity contribution is 0.461. The molecule has 0 spiro atoms. The second-order valence-electron chi connectivity index (χ2n) is 4.96. The molecule has 1 aliphatic carbocycles. The summed E-state index contributed by atoms with van der Waals surface area (Å²) < 4.78 is 1.99. The van der Waals surface area contributed by atoms with Crippen molar-refractivity contribution in [2.24, 2.45) is 0 Å². The molecule has 4 nitrogen and oxygen atoms in total. The van der Waals surface area contributed by atoms with Crippen LogP contribution in [-0.2, 0) is 6.54 Å². The van der Waals surface area contributed by atoms with E-state index < -0.39 is 0 Å². The summed E-state index contributed by atoms with van der Waals surface area (Å²) in [5.74, 6) is 1.05. The van der Waals surface area contributed by atoms with Crippen LogP contribution in [0, 0.1) is 0 Å². The highest BCUT2D eigenvalue weighted by atomic mass is 32.2. The van der Waals surface area contributed by atoms with E-state index in [0.29, 0.717) is 12.1 Å². The molecule has 1 N–H and O–H groups in total. The lowest BCUT2D eigenvalue weighted by Gasteiger charge is -2.14. The third-order valence-corrected chi connectivity index (χ3v) is 4.50. The number of nitrogens with zero attached hydrogens (tertiary/aromatic N) is 3. The Bertz CT molecular complexity index is 350. The normalized spacial score (nSPS) is 24.7. The minimum absolute atomic E-state index is 0.386. The Morgan fingerprint density at radius 3 is 3.00 bits per heavy atom. The van der Waals surface area contributed by atoms with Gasteiger partial charge in [0.2, 0.25) is 0 Å². The Morgan fingerprint density at radius 2 is 2.35 bits per heavy atom. The van der Waals surface area contributed by atoms with E-state index in [4.69, 9.17) is 0 Å². The minimum Gasteiger partial charge on any atom is -0.307 e. The smallest absolute Gasteiger partial charge is 0.141 e. The molecule has 0 aliphatic heterocycles. The highest BCUT2D eigenvalue weighted by Crippen LogP contribution is 2.28. The van der Waals surface area contributed by atoms with Gasteiger partial charge in [-0.1, -0.05) is 0 Å². The fourth-order valence-corrected chi connectivity index (χ4v) is 3.20. The molecular weight excluding hydrogens is 232 g/mol.